The van der Waals surface area contributed by atoms with Crippen LogP contribution >= 0.6 is 38.9 Å². The minimum atomic E-state index is -0.565. The van der Waals surface area contributed by atoms with Crippen molar-refractivity contribution in [1.82, 2.24) is 0 Å². The zero-order chi connectivity index (χ0) is 20.4. The van der Waals surface area contributed by atoms with Gasteiger partial charge in [0.15, 0.2) is 5.75 Å². The molecule has 1 aromatic heterocycles. The van der Waals surface area contributed by atoms with Crippen LogP contribution in [0.1, 0.15) is 22.8 Å². The smallest absolute Gasteiger partial charge is 0.341 e. The molecule has 0 saturated carbocycles. The average molecular weight is 487 g/mol. The van der Waals surface area contributed by atoms with Crippen molar-refractivity contribution in [1.29, 1.82) is 0 Å². The molecule has 2 aromatic carbocycles. The number of halogens is 3. The van der Waals surface area contributed by atoms with Gasteiger partial charge < -0.3 is 14.8 Å². The van der Waals surface area contributed by atoms with Gasteiger partial charge in [0.2, 0.25) is 5.91 Å². The molecule has 1 N–H and O–H groups in total. The molecular weight excluding hydrogens is 473 g/mol. The van der Waals surface area contributed by atoms with Gasteiger partial charge in [0.05, 0.1) is 21.3 Å². The Balaban J connectivity index is 2.06. The quantitative estimate of drug-likeness (QED) is 0.464. The first-order chi connectivity index (χ1) is 13.3. The first-order valence-electron chi connectivity index (χ1n) is 7.99. The molecule has 0 bridgehead atoms. The third-order valence-electron chi connectivity index (χ3n) is 3.83. The second-order valence-corrected chi connectivity index (χ2v) is 8.04. The Morgan fingerprint density at radius 1 is 1.29 bits per heavy atom. The highest BCUT2D eigenvalue weighted by Gasteiger charge is 2.24. The lowest BCUT2D eigenvalue weighted by Crippen LogP contribution is -2.09. The summed E-state index contributed by atoms with van der Waals surface area (Å²) in [6.07, 6.45) is 0. The lowest BCUT2D eigenvalue weighted by molar-refractivity contribution is -0.114. The number of hydrogen-bond acceptors (Lipinski definition) is 5. The second kappa shape index (κ2) is 8.46. The van der Waals surface area contributed by atoms with Gasteiger partial charge in [0.25, 0.3) is 0 Å². The van der Waals surface area contributed by atoms with Crippen molar-refractivity contribution in [2.24, 2.45) is 0 Å². The molecule has 0 aliphatic rings. The van der Waals surface area contributed by atoms with Gasteiger partial charge in [-0.25, -0.2) is 9.18 Å². The molecule has 0 unspecified atom stereocenters. The largest absolute Gasteiger partial charge is 0.486 e. The van der Waals surface area contributed by atoms with Crippen molar-refractivity contribution in [2.75, 3.05) is 12.4 Å². The Kier molecular flexibility index (Phi) is 6.22. The number of fused-ring (bicyclic) bond motifs is 1. The highest BCUT2D eigenvalue weighted by Crippen LogP contribution is 2.44. The summed E-state index contributed by atoms with van der Waals surface area (Å²) in [6.45, 7) is 1.45. The molecule has 1 amide bonds. The highest BCUT2D eigenvalue weighted by molar-refractivity contribution is 9.10. The molecular formula is C19H14BrClFNO4S. The van der Waals surface area contributed by atoms with Gasteiger partial charge in [0, 0.05) is 17.9 Å². The van der Waals surface area contributed by atoms with Gasteiger partial charge >= 0.3 is 5.97 Å². The maximum Gasteiger partial charge on any atom is 0.341 e. The molecule has 9 heteroatoms. The molecule has 28 heavy (non-hydrogen) atoms. The predicted molar refractivity (Wildman–Crippen MR) is 111 cm³/mol. The van der Waals surface area contributed by atoms with E-state index in [0.29, 0.717) is 30.9 Å². The zero-order valence-electron chi connectivity index (χ0n) is 14.8. The standard InChI is InChI=1S/C19H14BrClFNO4S/c1-9(24)23-18-15(19(25)26-2)12-5-6-13(20)16(17(12)28-18)27-8-10-3-4-11(22)7-14(10)21/h3-7H,8H2,1-2H3,(H,23,24). The molecule has 0 atom stereocenters. The first-order valence-corrected chi connectivity index (χ1v) is 9.98. The third-order valence-corrected chi connectivity index (χ3v) is 5.93. The predicted octanol–water partition coefficient (Wildman–Crippen LogP) is 5.78. The number of nitrogens with one attached hydrogen (secondary N) is 1. The van der Waals surface area contributed by atoms with E-state index in [-0.39, 0.29) is 23.1 Å². The Morgan fingerprint density at radius 2 is 2.04 bits per heavy atom. The minimum Gasteiger partial charge on any atom is -0.486 e. The maximum absolute atomic E-state index is 13.2. The van der Waals surface area contributed by atoms with Crippen LogP contribution in [0.15, 0.2) is 34.8 Å². The van der Waals surface area contributed by atoms with Gasteiger partial charge in [-0.2, -0.15) is 0 Å². The number of methoxy groups -OCH3 is 1. The SMILES string of the molecule is COC(=O)c1c(NC(C)=O)sc2c(OCc3ccc(F)cc3Cl)c(Br)ccc12. The molecule has 146 valence electrons. The van der Waals surface area contributed by atoms with Gasteiger partial charge in [-0.15, -0.1) is 11.3 Å². The van der Waals surface area contributed by atoms with Crippen LogP contribution < -0.4 is 10.1 Å². The fraction of sp³-hybridized carbons (Fsp3) is 0.158. The molecule has 0 radical (unpaired) electrons. The lowest BCUT2D eigenvalue weighted by Gasteiger charge is -2.11. The van der Waals surface area contributed by atoms with Crippen molar-refractivity contribution in [2.45, 2.75) is 13.5 Å². The molecule has 0 fully saturated rings. The van der Waals surface area contributed by atoms with E-state index in [4.69, 9.17) is 21.1 Å². The van der Waals surface area contributed by atoms with E-state index in [0.717, 1.165) is 0 Å². The van der Waals surface area contributed by atoms with Crippen LogP contribution in [-0.2, 0) is 16.1 Å². The normalized spacial score (nSPS) is 10.8. The number of carbonyl (C=O) groups excluding carboxylic acids is 2. The van der Waals surface area contributed by atoms with Gasteiger partial charge in [0.1, 0.15) is 23.0 Å². The van der Waals surface area contributed by atoms with E-state index < -0.39 is 11.8 Å². The van der Waals surface area contributed by atoms with Crippen molar-refractivity contribution < 1.29 is 23.5 Å². The summed E-state index contributed by atoms with van der Waals surface area (Å²) in [5.41, 5.74) is 0.869. The number of benzene rings is 2. The van der Waals surface area contributed by atoms with Crippen molar-refractivity contribution in [3.63, 3.8) is 0 Å². The molecule has 3 rings (SSSR count). The number of anilines is 1. The summed E-state index contributed by atoms with van der Waals surface area (Å²) >= 11 is 10.7. The second-order valence-electron chi connectivity index (χ2n) is 5.76. The summed E-state index contributed by atoms with van der Waals surface area (Å²) < 4.78 is 25.3. The van der Waals surface area contributed by atoms with Gasteiger partial charge in [-0.05, 0) is 34.1 Å². The third kappa shape index (κ3) is 4.14. The molecule has 1 heterocycles. The van der Waals surface area contributed by atoms with E-state index in [2.05, 4.69) is 21.2 Å². The monoisotopic (exact) mass is 485 g/mol. The van der Waals surface area contributed by atoms with Crippen LogP contribution in [0.5, 0.6) is 5.75 Å². The van der Waals surface area contributed by atoms with Crippen molar-refractivity contribution >= 4 is 65.8 Å². The molecule has 0 saturated heterocycles. The van der Waals surface area contributed by atoms with E-state index in [1.54, 1.807) is 18.2 Å². The van der Waals surface area contributed by atoms with Crippen LogP contribution in [0.4, 0.5) is 9.39 Å². The van der Waals surface area contributed by atoms with Crippen molar-refractivity contribution in [3.8, 4) is 5.75 Å². The van der Waals surface area contributed by atoms with E-state index in [9.17, 15) is 14.0 Å². The lowest BCUT2D eigenvalue weighted by atomic mass is 10.1. The zero-order valence-corrected chi connectivity index (χ0v) is 17.9. The highest BCUT2D eigenvalue weighted by atomic mass is 79.9. The Labute approximate surface area is 177 Å². The van der Waals surface area contributed by atoms with Crippen LogP contribution in [0.2, 0.25) is 5.02 Å². The van der Waals surface area contributed by atoms with Crippen LogP contribution in [0.25, 0.3) is 10.1 Å². The van der Waals surface area contributed by atoms with Crippen LogP contribution in [0, 0.1) is 5.82 Å². The summed E-state index contributed by atoms with van der Waals surface area (Å²) in [7, 11) is 1.27. The number of thiophene rings is 1. The number of rotatable bonds is 5. The van der Waals surface area contributed by atoms with Gasteiger partial charge in [-0.1, -0.05) is 23.7 Å². The fourth-order valence-corrected chi connectivity index (χ4v) is 4.62. The number of carbonyl (C=O) groups is 2. The van der Waals surface area contributed by atoms with Crippen LogP contribution in [0.3, 0.4) is 0 Å². The van der Waals surface area contributed by atoms with E-state index in [1.165, 1.54) is 37.5 Å². The number of hydrogen-bond donors (Lipinski definition) is 1. The minimum absolute atomic E-state index is 0.0950. The Bertz CT molecular complexity index is 1090. The van der Waals surface area contributed by atoms with E-state index in [1.807, 2.05) is 0 Å². The van der Waals surface area contributed by atoms with Crippen LogP contribution in [-0.4, -0.2) is 19.0 Å². The fourth-order valence-electron chi connectivity index (χ4n) is 2.59. The summed E-state index contributed by atoms with van der Waals surface area (Å²) in [5.74, 6) is -0.830. The molecule has 3 aromatic rings. The number of amides is 1. The van der Waals surface area contributed by atoms with E-state index >= 15 is 0 Å². The maximum atomic E-state index is 13.2. The molecule has 0 spiro atoms. The summed E-state index contributed by atoms with van der Waals surface area (Å²) in [5, 5.41) is 3.87. The first kappa shape index (κ1) is 20.6. The van der Waals surface area contributed by atoms with Gasteiger partial charge in [-0.3, -0.25) is 4.79 Å². The molecule has 5 nitrogen and oxygen atoms in total. The Hall–Kier alpha value is -2.16. The topological polar surface area (TPSA) is 64.6 Å². The average Bonchev–Trinajstić information content (AvgIpc) is 2.99. The summed E-state index contributed by atoms with van der Waals surface area (Å²) in [4.78, 5) is 23.8. The number of ether oxygens (including phenoxy) is 2. The summed E-state index contributed by atoms with van der Waals surface area (Å²) in [6, 6.07) is 7.54. The van der Waals surface area contributed by atoms with Crippen molar-refractivity contribution in [3.05, 3.63) is 56.8 Å². The molecule has 0 aliphatic carbocycles. The number of esters is 1. The Morgan fingerprint density at radius 3 is 2.68 bits per heavy atom. The molecule has 0 aliphatic heterocycles.